The van der Waals surface area contributed by atoms with Crippen LogP contribution < -0.4 is 19.4 Å². The number of aromatic carboxylic acids is 1. The van der Waals surface area contributed by atoms with Crippen molar-refractivity contribution in [3.8, 4) is 11.5 Å². The second-order valence-electron chi connectivity index (χ2n) is 3.67. The van der Waals surface area contributed by atoms with Crippen molar-refractivity contribution in [2.24, 2.45) is 5.10 Å². The summed E-state index contributed by atoms with van der Waals surface area (Å²) >= 11 is 0. The van der Waals surface area contributed by atoms with Crippen LogP contribution in [0.5, 0.6) is 11.5 Å². The minimum atomic E-state index is -3.52. The van der Waals surface area contributed by atoms with E-state index in [1.54, 1.807) is 0 Å². The molecule has 0 aliphatic rings. The Bertz CT molecular complexity index is 639. The molecule has 0 saturated heterocycles. The van der Waals surface area contributed by atoms with E-state index in [1.165, 1.54) is 26.4 Å². The number of rotatable bonds is 6. The van der Waals surface area contributed by atoms with Crippen LogP contribution in [0.2, 0.25) is 0 Å². The van der Waals surface area contributed by atoms with Crippen LogP contribution in [0.3, 0.4) is 0 Å². The highest BCUT2D eigenvalue weighted by atomic mass is 32.2. The van der Waals surface area contributed by atoms with Crippen molar-refractivity contribution in [1.82, 2.24) is 4.83 Å². The SMILES string of the molecule is COc1ccc(C=NNS(C)(=O)=O)c(C(=O)[O-])c1OC. The molecule has 0 saturated carbocycles. The molecule has 1 aromatic carbocycles. The molecule has 0 aliphatic heterocycles. The van der Waals surface area contributed by atoms with Crippen molar-refractivity contribution in [3.63, 3.8) is 0 Å². The normalized spacial score (nSPS) is 11.3. The number of nitrogens with one attached hydrogen (secondary N) is 1. The minimum absolute atomic E-state index is 0.0317. The van der Waals surface area contributed by atoms with E-state index in [0.29, 0.717) is 0 Å². The molecule has 1 rings (SSSR count). The Hall–Kier alpha value is -2.29. The van der Waals surface area contributed by atoms with Gasteiger partial charge in [0, 0.05) is 5.56 Å². The lowest BCUT2D eigenvalue weighted by molar-refractivity contribution is -0.255. The smallest absolute Gasteiger partial charge is 0.244 e. The van der Waals surface area contributed by atoms with E-state index in [1.807, 2.05) is 4.83 Å². The van der Waals surface area contributed by atoms with Crippen LogP contribution in [0.25, 0.3) is 0 Å². The van der Waals surface area contributed by atoms with Crippen molar-refractivity contribution in [2.75, 3.05) is 20.5 Å². The van der Waals surface area contributed by atoms with Gasteiger partial charge in [-0.3, -0.25) is 0 Å². The van der Waals surface area contributed by atoms with E-state index in [2.05, 4.69) is 5.10 Å². The van der Waals surface area contributed by atoms with Gasteiger partial charge in [-0.1, -0.05) is 0 Å². The predicted octanol–water partition coefficient (Wildman–Crippen LogP) is -1.05. The number of ether oxygens (including phenoxy) is 2. The summed E-state index contributed by atoms with van der Waals surface area (Å²) in [6, 6.07) is 2.85. The number of hydrazone groups is 1. The number of benzene rings is 1. The summed E-state index contributed by atoms with van der Waals surface area (Å²) in [6.07, 6.45) is 1.95. The third-order valence-electron chi connectivity index (χ3n) is 2.20. The Balaban J connectivity index is 3.30. The molecule has 0 amide bonds. The maximum absolute atomic E-state index is 11.2. The van der Waals surface area contributed by atoms with Crippen molar-refractivity contribution in [2.45, 2.75) is 0 Å². The first-order chi connectivity index (χ1) is 9.30. The summed E-state index contributed by atoms with van der Waals surface area (Å²) in [5.41, 5.74) is -0.176. The fourth-order valence-corrected chi connectivity index (χ4v) is 1.70. The van der Waals surface area contributed by atoms with Gasteiger partial charge in [-0.05, 0) is 12.1 Å². The molecule has 1 aromatic rings. The van der Waals surface area contributed by atoms with Gasteiger partial charge >= 0.3 is 0 Å². The molecule has 20 heavy (non-hydrogen) atoms. The Labute approximate surface area is 116 Å². The van der Waals surface area contributed by atoms with Gasteiger partial charge in [0.1, 0.15) is 0 Å². The van der Waals surface area contributed by atoms with Crippen molar-refractivity contribution >= 4 is 22.2 Å². The largest absolute Gasteiger partial charge is 0.545 e. The van der Waals surface area contributed by atoms with Crippen LogP contribution in [-0.2, 0) is 10.0 Å². The first kappa shape index (κ1) is 15.8. The lowest BCUT2D eigenvalue weighted by Crippen LogP contribution is -2.25. The highest BCUT2D eigenvalue weighted by molar-refractivity contribution is 7.88. The van der Waals surface area contributed by atoms with Crippen molar-refractivity contribution in [1.29, 1.82) is 0 Å². The number of methoxy groups -OCH3 is 2. The number of carboxylic acids is 1. The average Bonchev–Trinajstić information content (AvgIpc) is 2.35. The lowest BCUT2D eigenvalue weighted by Gasteiger charge is -2.15. The zero-order valence-corrected chi connectivity index (χ0v) is 11.9. The number of carbonyl (C=O) groups is 1. The molecule has 0 aliphatic carbocycles. The standard InChI is InChI=1S/C11H14N2O6S/c1-18-8-5-4-7(6-12-13-20(3,16)17)9(11(14)15)10(8)19-2/h4-6,13H,1-3H3,(H,14,15)/p-1. The first-order valence-corrected chi connectivity index (χ1v) is 7.15. The third-order valence-corrected chi connectivity index (χ3v) is 2.64. The Morgan fingerprint density at radius 3 is 2.45 bits per heavy atom. The van der Waals surface area contributed by atoms with Gasteiger partial charge in [0.25, 0.3) is 0 Å². The number of hydrogen-bond acceptors (Lipinski definition) is 7. The van der Waals surface area contributed by atoms with E-state index in [0.717, 1.165) is 12.5 Å². The molecule has 0 heterocycles. The topological polar surface area (TPSA) is 117 Å². The molecule has 0 unspecified atom stereocenters. The summed E-state index contributed by atoms with van der Waals surface area (Å²) in [5.74, 6) is -1.32. The quantitative estimate of drug-likeness (QED) is 0.529. The molecule has 0 spiro atoms. The van der Waals surface area contributed by atoms with E-state index < -0.39 is 16.0 Å². The molecule has 0 bridgehead atoms. The van der Waals surface area contributed by atoms with Gasteiger partial charge in [-0.15, -0.1) is 0 Å². The molecule has 110 valence electrons. The van der Waals surface area contributed by atoms with Gasteiger partial charge in [-0.2, -0.15) is 5.10 Å². The van der Waals surface area contributed by atoms with Crippen LogP contribution in [-0.4, -0.2) is 41.1 Å². The molecular weight excluding hydrogens is 288 g/mol. The van der Waals surface area contributed by atoms with Crippen LogP contribution in [0.15, 0.2) is 17.2 Å². The first-order valence-electron chi connectivity index (χ1n) is 5.26. The third kappa shape index (κ3) is 3.85. The van der Waals surface area contributed by atoms with Gasteiger partial charge in [-0.25, -0.2) is 13.2 Å². The Morgan fingerprint density at radius 1 is 1.35 bits per heavy atom. The summed E-state index contributed by atoms with van der Waals surface area (Å²) in [7, 11) is -0.888. The molecule has 0 fully saturated rings. The van der Waals surface area contributed by atoms with Crippen LogP contribution in [0.4, 0.5) is 0 Å². The van der Waals surface area contributed by atoms with Crippen LogP contribution in [0.1, 0.15) is 15.9 Å². The summed E-state index contributed by atoms with van der Waals surface area (Å²) in [4.78, 5) is 13.0. The number of carbonyl (C=O) groups excluding carboxylic acids is 1. The minimum Gasteiger partial charge on any atom is -0.545 e. The average molecular weight is 301 g/mol. The van der Waals surface area contributed by atoms with Crippen molar-refractivity contribution < 1.29 is 27.8 Å². The van der Waals surface area contributed by atoms with E-state index in [4.69, 9.17) is 9.47 Å². The summed E-state index contributed by atoms with van der Waals surface area (Å²) < 4.78 is 31.7. The monoisotopic (exact) mass is 301 g/mol. The van der Waals surface area contributed by atoms with Crippen molar-refractivity contribution in [3.05, 3.63) is 23.3 Å². The fraction of sp³-hybridized carbons (Fsp3) is 0.273. The van der Waals surface area contributed by atoms with Crippen LogP contribution >= 0.6 is 0 Å². The second-order valence-corrected chi connectivity index (χ2v) is 5.40. The highest BCUT2D eigenvalue weighted by Crippen LogP contribution is 2.32. The fourth-order valence-electron chi connectivity index (χ4n) is 1.45. The molecule has 9 heteroatoms. The molecule has 0 radical (unpaired) electrons. The highest BCUT2D eigenvalue weighted by Gasteiger charge is 2.15. The lowest BCUT2D eigenvalue weighted by atomic mass is 10.1. The van der Waals surface area contributed by atoms with Gasteiger partial charge < -0.3 is 19.4 Å². The van der Waals surface area contributed by atoms with Crippen LogP contribution in [0, 0.1) is 0 Å². The maximum Gasteiger partial charge on any atom is 0.244 e. The van der Waals surface area contributed by atoms with E-state index in [-0.39, 0.29) is 22.6 Å². The predicted molar refractivity (Wildman–Crippen MR) is 69.5 cm³/mol. The Kier molecular flexibility index (Phi) is 4.92. The van der Waals surface area contributed by atoms with E-state index >= 15 is 0 Å². The molecular formula is C11H13N2O6S-. The number of carboxylic acid groups (broad SMARTS) is 1. The summed E-state index contributed by atoms with van der Waals surface area (Å²) in [6.45, 7) is 0. The van der Waals surface area contributed by atoms with E-state index in [9.17, 15) is 18.3 Å². The molecule has 8 nitrogen and oxygen atoms in total. The molecule has 1 N–H and O–H groups in total. The number of sulfonamides is 1. The Morgan fingerprint density at radius 2 is 2.00 bits per heavy atom. The summed E-state index contributed by atoms with van der Waals surface area (Å²) in [5, 5.41) is 14.6. The zero-order valence-electron chi connectivity index (χ0n) is 11.0. The molecule has 0 atom stereocenters. The van der Waals surface area contributed by atoms with Gasteiger partial charge in [0.2, 0.25) is 10.0 Å². The second kappa shape index (κ2) is 6.24. The number of nitrogens with zero attached hydrogens (tertiary/aromatic N) is 1. The zero-order chi connectivity index (χ0) is 15.3. The van der Waals surface area contributed by atoms with Gasteiger partial charge in [0.15, 0.2) is 11.5 Å². The number of hydrogen-bond donors (Lipinski definition) is 1. The molecule has 0 aromatic heterocycles. The van der Waals surface area contributed by atoms with Gasteiger partial charge in [0.05, 0.1) is 38.2 Å². The maximum atomic E-state index is 11.2.